The van der Waals surface area contributed by atoms with Gasteiger partial charge in [0.05, 0.1) is 0 Å². The Morgan fingerprint density at radius 3 is 1.28 bits per heavy atom. The molecule has 6 heteroatoms. The zero-order valence-corrected chi connectivity index (χ0v) is 15.6. The van der Waals surface area contributed by atoms with Crippen LogP contribution in [0.25, 0.3) is 0 Å². The third-order valence-corrected chi connectivity index (χ3v) is 18.9. The fourth-order valence-electron chi connectivity index (χ4n) is 1.62. The Balaban J connectivity index is 2.51. The van der Waals surface area contributed by atoms with Crippen molar-refractivity contribution in [3.8, 4) is 0 Å². The van der Waals surface area contributed by atoms with Gasteiger partial charge in [-0.2, -0.15) is 0 Å². The first kappa shape index (κ1) is 15.1. The van der Waals surface area contributed by atoms with Gasteiger partial charge in [0.25, 0.3) is 0 Å². The summed E-state index contributed by atoms with van der Waals surface area (Å²) in [4.78, 5) is 0. The van der Waals surface area contributed by atoms with Crippen LogP contribution in [0.1, 0.15) is 0 Å². The van der Waals surface area contributed by atoms with Gasteiger partial charge in [0.15, 0.2) is 0 Å². The van der Waals surface area contributed by atoms with Crippen molar-refractivity contribution in [1.29, 1.82) is 0 Å². The van der Waals surface area contributed by atoms with Crippen LogP contribution in [0, 0.1) is 0 Å². The van der Waals surface area contributed by atoms with Crippen LogP contribution < -0.4 is 10.4 Å². The van der Waals surface area contributed by atoms with Crippen LogP contribution in [-0.2, 0) is 18.0 Å². The summed E-state index contributed by atoms with van der Waals surface area (Å²) in [5, 5.41) is 3.88. The molecule has 0 atom stereocenters. The fourth-order valence-corrected chi connectivity index (χ4v) is 17.1. The second-order valence-electron chi connectivity index (χ2n) is 3.65. The summed E-state index contributed by atoms with van der Waals surface area (Å²) in [6, 6.07) is 15.6. The van der Waals surface area contributed by atoms with E-state index in [9.17, 15) is 0 Å². The van der Waals surface area contributed by atoms with E-state index in [2.05, 4.69) is 0 Å². The Bertz CT molecular complexity index is 527. The molecular weight excluding hydrogens is 405 g/mol. The minimum absolute atomic E-state index is 0.727. The van der Waals surface area contributed by atoms with E-state index in [0.29, 0.717) is 0 Å². The molecule has 0 bridgehead atoms. The zero-order chi connectivity index (χ0) is 13.1. The average molecular weight is 413 g/mol. The van der Waals surface area contributed by atoms with Crippen molar-refractivity contribution < 1.29 is 18.0 Å². The molecule has 92 valence electrons. The molecule has 0 saturated carbocycles. The Labute approximate surface area is 131 Å². The molecule has 0 aliphatic heterocycles. The summed E-state index contributed by atoms with van der Waals surface area (Å²) in [7, 11) is 12.7. The molecule has 0 radical (unpaired) electrons. The number of benzene rings is 2. The fraction of sp³-hybridized carbons (Fsp3) is 0. The average Bonchev–Trinajstić information content (AvgIpc) is 2.34. The second-order valence-corrected chi connectivity index (χ2v) is 23.7. The van der Waals surface area contributed by atoms with Gasteiger partial charge in [-0.05, 0) is 0 Å². The van der Waals surface area contributed by atoms with Crippen molar-refractivity contribution >= 4 is 56.0 Å². The Hall–Kier alpha value is 0.700. The molecule has 0 N–H and O–H groups in total. The molecule has 0 aromatic heterocycles. The standard InChI is InChI=1S/C12H8Cl2Si.2ClH.Zr/c13-9-1-5-11(6-2-9)15-12-7-3-10(14)4-8-12;;;/h1-8H;2*1H;/q;;;+2/p-2. The molecule has 2 aromatic rings. The normalized spacial score (nSPS) is 10.2. The van der Waals surface area contributed by atoms with Gasteiger partial charge in [-0.3, -0.25) is 0 Å². The van der Waals surface area contributed by atoms with E-state index in [1.54, 1.807) is 0 Å². The number of hydrogen-bond donors (Lipinski definition) is 0. The Kier molecular flexibility index (Phi) is 5.81. The van der Waals surface area contributed by atoms with Gasteiger partial charge < -0.3 is 0 Å². The Morgan fingerprint density at radius 1 is 0.667 bits per heavy atom. The summed E-state index contributed by atoms with van der Waals surface area (Å²) in [6.45, 7) is 0. The molecule has 0 saturated heterocycles. The van der Waals surface area contributed by atoms with Crippen molar-refractivity contribution in [3.05, 3.63) is 58.6 Å². The quantitative estimate of drug-likeness (QED) is 0.653. The van der Waals surface area contributed by atoms with Crippen LogP contribution in [-0.4, -0.2) is 5.43 Å². The summed E-state index contributed by atoms with van der Waals surface area (Å²) >= 11 is 9.43. The van der Waals surface area contributed by atoms with E-state index < -0.39 is 23.4 Å². The predicted octanol–water partition coefficient (Wildman–Crippen LogP) is 4.02. The number of hydrogen-bond acceptors (Lipinski definition) is 0. The Morgan fingerprint density at radius 2 is 1.00 bits per heavy atom. The molecule has 0 unspecified atom stereocenters. The topological polar surface area (TPSA) is 0 Å². The zero-order valence-electron chi connectivity index (χ0n) is 9.13. The van der Waals surface area contributed by atoms with Gasteiger partial charge in [0, 0.05) is 0 Å². The third kappa shape index (κ3) is 3.85. The SMILES string of the molecule is Clc1ccc([Si](c2ccc(Cl)cc2)=[Zr]([Cl])[Cl])cc1. The number of rotatable bonds is 2. The van der Waals surface area contributed by atoms with Gasteiger partial charge >= 0.3 is 133 Å². The van der Waals surface area contributed by atoms with E-state index in [0.717, 1.165) is 10.0 Å². The van der Waals surface area contributed by atoms with Gasteiger partial charge in [-0.25, -0.2) is 0 Å². The number of halogens is 4. The van der Waals surface area contributed by atoms with Crippen LogP contribution in [0.4, 0.5) is 0 Å². The molecule has 0 spiro atoms. The van der Waals surface area contributed by atoms with Gasteiger partial charge in [0.2, 0.25) is 0 Å². The van der Waals surface area contributed by atoms with Crippen molar-refractivity contribution in [1.82, 2.24) is 0 Å². The maximum absolute atomic E-state index is 6.33. The summed E-state index contributed by atoms with van der Waals surface area (Å²) < 4.78 is 0. The predicted molar refractivity (Wildman–Crippen MR) is 79.6 cm³/mol. The summed E-state index contributed by atoms with van der Waals surface area (Å²) in [6.07, 6.45) is 0. The van der Waals surface area contributed by atoms with Crippen LogP contribution in [0.5, 0.6) is 0 Å². The molecule has 2 aromatic carbocycles. The van der Waals surface area contributed by atoms with E-state index in [1.807, 2.05) is 48.5 Å². The second kappa shape index (κ2) is 6.92. The molecular formula is C12H8Cl4SiZr. The monoisotopic (exact) mass is 410 g/mol. The van der Waals surface area contributed by atoms with Gasteiger partial charge in [-0.15, -0.1) is 0 Å². The molecule has 0 aliphatic carbocycles. The molecule has 0 amide bonds. The maximum atomic E-state index is 6.33. The molecule has 0 aliphatic rings. The molecule has 2 rings (SSSR count). The van der Waals surface area contributed by atoms with Crippen molar-refractivity contribution in [2.24, 2.45) is 0 Å². The van der Waals surface area contributed by atoms with E-state index in [-0.39, 0.29) is 0 Å². The van der Waals surface area contributed by atoms with Gasteiger partial charge in [0.1, 0.15) is 0 Å². The first-order valence-electron chi connectivity index (χ1n) is 5.15. The van der Waals surface area contributed by atoms with Crippen LogP contribution in [0.2, 0.25) is 10.0 Å². The molecule has 18 heavy (non-hydrogen) atoms. The van der Waals surface area contributed by atoms with E-state index >= 15 is 0 Å². The van der Waals surface area contributed by atoms with Crippen LogP contribution in [0.3, 0.4) is 0 Å². The van der Waals surface area contributed by atoms with E-state index in [4.69, 9.17) is 40.2 Å². The molecule has 0 fully saturated rings. The third-order valence-electron chi connectivity index (χ3n) is 2.45. The van der Waals surface area contributed by atoms with Gasteiger partial charge in [-0.1, -0.05) is 0 Å². The first-order valence-corrected chi connectivity index (χ1v) is 17.4. The summed E-state index contributed by atoms with van der Waals surface area (Å²) in [5.74, 6) is 0. The van der Waals surface area contributed by atoms with Crippen molar-refractivity contribution in [2.45, 2.75) is 0 Å². The minimum atomic E-state index is -2.38. The molecule has 0 heterocycles. The van der Waals surface area contributed by atoms with Crippen molar-refractivity contribution in [3.63, 3.8) is 0 Å². The van der Waals surface area contributed by atoms with Crippen LogP contribution in [0.15, 0.2) is 48.5 Å². The van der Waals surface area contributed by atoms with Crippen LogP contribution >= 0.6 is 40.2 Å². The van der Waals surface area contributed by atoms with E-state index in [1.165, 1.54) is 10.4 Å². The summed E-state index contributed by atoms with van der Waals surface area (Å²) in [5.41, 5.74) is -1.04. The van der Waals surface area contributed by atoms with Crippen molar-refractivity contribution in [2.75, 3.05) is 0 Å². The molecule has 0 nitrogen and oxygen atoms in total. The first-order chi connectivity index (χ1) is 8.58.